The van der Waals surface area contributed by atoms with E-state index in [0.717, 1.165) is 11.1 Å². The van der Waals surface area contributed by atoms with Gasteiger partial charge in [-0.3, -0.25) is 9.69 Å². The highest BCUT2D eigenvalue weighted by Gasteiger charge is 2.21. The maximum Gasteiger partial charge on any atom is 0.219 e. The third kappa shape index (κ3) is 2.96. The lowest BCUT2D eigenvalue weighted by Gasteiger charge is -2.25. The Morgan fingerprint density at radius 2 is 1.74 bits per heavy atom. The Bertz CT molecular complexity index is 535. The third-order valence-electron chi connectivity index (χ3n) is 2.51. The Labute approximate surface area is 113 Å². The molecule has 0 spiro atoms. The standard InChI is InChI=1S/C16H16N2O/c1-5-9-14-16(13(7-3)8-4)15(10-6-2)18(12-19)11-17-14/h5-12H,1-4H2/b14-9+,15-10+. The first-order valence-electron chi connectivity index (χ1n) is 5.66. The van der Waals surface area contributed by atoms with E-state index in [1.54, 1.807) is 36.5 Å². The molecule has 1 rings (SSSR count). The molecule has 0 radical (unpaired) electrons. The van der Waals surface area contributed by atoms with E-state index in [4.69, 9.17) is 0 Å². The van der Waals surface area contributed by atoms with Crippen LogP contribution in [0.1, 0.15) is 0 Å². The van der Waals surface area contributed by atoms with Gasteiger partial charge in [0.05, 0.1) is 11.4 Å². The van der Waals surface area contributed by atoms with Crippen molar-refractivity contribution < 1.29 is 4.79 Å². The molecule has 0 bridgehead atoms. The van der Waals surface area contributed by atoms with Gasteiger partial charge in [0.2, 0.25) is 6.41 Å². The summed E-state index contributed by atoms with van der Waals surface area (Å²) >= 11 is 0. The van der Waals surface area contributed by atoms with Crippen molar-refractivity contribution in [3.05, 3.63) is 85.3 Å². The summed E-state index contributed by atoms with van der Waals surface area (Å²) in [5, 5.41) is 0. The summed E-state index contributed by atoms with van der Waals surface area (Å²) < 4.78 is 0. The number of amides is 1. The zero-order valence-electron chi connectivity index (χ0n) is 10.7. The molecule has 0 unspecified atom stereocenters. The average Bonchev–Trinajstić information content (AvgIpc) is 2.43. The topological polar surface area (TPSA) is 32.7 Å². The lowest BCUT2D eigenvalue weighted by molar-refractivity contribution is -0.113. The molecule has 0 saturated heterocycles. The van der Waals surface area contributed by atoms with Crippen LogP contribution >= 0.6 is 0 Å². The average molecular weight is 252 g/mol. The largest absolute Gasteiger partial charge is 0.278 e. The number of rotatable bonds is 5. The maximum absolute atomic E-state index is 11.1. The van der Waals surface area contributed by atoms with Crippen molar-refractivity contribution in [2.75, 3.05) is 0 Å². The van der Waals surface area contributed by atoms with Crippen molar-refractivity contribution in [1.29, 1.82) is 0 Å². The first-order valence-corrected chi connectivity index (χ1v) is 5.66. The summed E-state index contributed by atoms with van der Waals surface area (Å²) in [7, 11) is 0. The second kappa shape index (κ2) is 6.91. The highest BCUT2D eigenvalue weighted by atomic mass is 16.1. The van der Waals surface area contributed by atoms with Crippen LogP contribution in [0.25, 0.3) is 0 Å². The molecule has 0 saturated carbocycles. The molecule has 1 heterocycles. The summed E-state index contributed by atoms with van der Waals surface area (Å²) in [6, 6.07) is 0. The molecule has 0 N–H and O–H groups in total. The van der Waals surface area contributed by atoms with E-state index >= 15 is 0 Å². The predicted octanol–water partition coefficient (Wildman–Crippen LogP) is 3.30. The second-order valence-electron chi connectivity index (χ2n) is 3.57. The molecule has 3 nitrogen and oxygen atoms in total. The zero-order chi connectivity index (χ0) is 14.3. The van der Waals surface area contributed by atoms with Crippen molar-refractivity contribution in [3.63, 3.8) is 0 Å². The normalized spacial score (nSPS) is 18.3. The molecule has 96 valence electrons. The molecule has 1 amide bonds. The molecule has 1 aliphatic rings. The van der Waals surface area contributed by atoms with Gasteiger partial charge in [0, 0.05) is 5.57 Å². The summed E-state index contributed by atoms with van der Waals surface area (Å²) in [4.78, 5) is 16.7. The van der Waals surface area contributed by atoms with Crippen molar-refractivity contribution in [2.45, 2.75) is 0 Å². The zero-order valence-corrected chi connectivity index (χ0v) is 10.7. The Morgan fingerprint density at radius 3 is 2.21 bits per heavy atom. The Morgan fingerprint density at radius 1 is 1.11 bits per heavy atom. The van der Waals surface area contributed by atoms with Crippen LogP contribution in [0.2, 0.25) is 0 Å². The third-order valence-corrected chi connectivity index (χ3v) is 2.51. The van der Waals surface area contributed by atoms with Gasteiger partial charge in [-0.1, -0.05) is 50.6 Å². The van der Waals surface area contributed by atoms with Crippen LogP contribution in [0, 0.1) is 0 Å². The highest BCUT2D eigenvalue weighted by Crippen LogP contribution is 2.30. The van der Waals surface area contributed by atoms with Gasteiger partial charge < -0.3 is 0 Å². The Kier molecular flexibility index (Phi) is 5.23. The van der Waals surface area contributed by atoms with Crippen LogP contribution in [0.15, 0.2) is 90.3 Å². The quantitative estimate of drug-likeness (QED) is 0.691. The molecule has 0 aliphatic carbocycles. The lowest BCUT2D eigenvalue weighted by atomic mass is 9.98. The smallest absolute Gasteiger partial charge is 0.219 e. The SMILES string of the molecule is C=C/C=C1/N=CN(C=O)/C(=C/C=C)C1=C(C=C)C=C. The van der Waals surface area contributed by atoms with Gasteiger partial charge in [-0.05, 0) is 17.7 Å². The molecular weight excluding hydrogens is 236 g/mol. The minimum Gasteiger partial charge on any atom is -0.278 e. The minimum atomic E-state index is 0.669. The molecule has 19 heavy (non-hydrogen) atoms. The fourth-order valence-electron chi connectivity index (χ4n) is 1.70. The summed E-state index contributed by atoms with van der Waals surface area (Å²) in [5.41, 5.74) is 2.91. The number of carbonyl (C=O) groups is 1. The maximum atomic E-state index is 11.1. The van der Waals surface area contributed by atoms with Gasteiger partial charge in [0.15, 0.2) is 0 Å². The molecule has 0 fully saturated rings. The second-order valence-corrected chi connectivity index (χ2v) is 3.57. The summed E-state index contributed by atoms with van der Waals surface area (Å²) in [6.07, 6.45) is 12.2. The van der Waals surface area contributed by atoms with Gasteiger partial charge in [-0.15, -0.1) is 0 Å². The fourth-order valence-corrected chi connectivity index (χ4v) is 1.70. The lowest BCUT2D eigenvalue weighted by Crippen LogP contribution is -2.25. The first kappa shape index (κ1) is 14.4. The molecule has 0 aromatic carbocycles. The van der Waals surface area contributed by atoms with Crippen LogP contribution in [0.3, 0.4) is 0 Å². The predicted molar refractivity (Wildman–Crippen MR) is 80.4 cm³/mol. The van der Waals surface area contributed by atoms with E-state index in [0.29, 0.717) is 17.8 Å². The van der Waals surface area contributed by atoms with E-state index in [1.165, 1.54) is 11.2 Å². The number of carbonyl (C=O) groups excluding carboxylic acids is 1. The molecule has 0 aromatic heterocycles. The van der Waals surface area contributed by atoms with Gasteiger partial charge >= 0.3 is 0 Å². The van der Waals surface area contributed by atoms with E-state index < -0.39 is 0 Å². The van der Waals surface area contributed by atoms with E-state index in [-0.39, 0.29) is 0 Å². The van der Waals surface area contributed by atoms with E-state index in [1.807, 2.05) is 0 Å². The van der Waals surface area contributed by atoms with E-state index in [2.05, 4.69) is 31.3 Å². The van der Waals surface area contributed by atoms with Crippen LogP contribution < -0.4 is 0 Å². The molecular formula is C16H16N2O. The Balaban J connectivity index is 3.66. The van der Waals surface area contributed by atoms with Crippen LogP contribution in [0.4, 0.5) is 0 Å². The molecule has 0 aromatic rings. The minimum absolute atomic E-state index is 0.669. The van der Waals surface area contributed by atoms with Gasteiger partial charge in [-0.25, -0.2) is 4.99 Å². The number of allylic oxidation sites excluding steroid dienone is 7. The van der Waals surface area contributed by atoms with Gasteiger partial charge in [-0.2, -0.15) is 0 Å². The molecule has 0 atom stereocenters. The van der Waals surface area contributed by atoms with Crippen molar-refractivity contribution >= 4 is 12.7 Å². The number of hydrogen-bond donors (Lipinski definition) is 0. The molecule has 3 heteroatoms. The monoisotopic (exact) mass is 252 g/mol. The van der Waals surface area contributed by atoms with E-state index in [9.17, 15) is 4.79 Å². The van der Waals surface area contributed by atoms with Gasteiger partial charge in [0.25, 0.3) is 0 Å². The number of aliphatic imine (C=N–C) groups is 1. The highest BCUT2D eigenvalue weighted by molar-refractivity contribution is 5.83. The van der Waals surface area contributed by atoms with Crippen LogP contribution in [0.5, 0.6) is 0 Å². The number of nitrogens with zero attached hydrogens (tertiary/aromatic N) is 2. The fraction of sp³-hybridized carbons (Fsp3) is 0. The Hall–Kier alpha value is -2.68. The van der Waals surface area contributed by atoms with Crippen molar-refractivity contribution in [1.82, 2.24) is 4.90 Å². The van der Waals surface area contributed by atoms with Crippen LogP contribution in [-0.2, 0) is 4.79 Å². The first-order chi connectivity index (χ1) is 9.23. The van der Waals surface area contributed by atoms with Gasteiger partial charge in [0.1, 0.15) is 6.34 Å². The number of hydrogen-bond acceptors (Lipinski definition) is 2. The van der Waals surface area contributed by atoms with Crippen LogP contribution in [-0.4, -0.2) is 17.6 Å². The molecule has 1 aliphatic heterocycles. The van der Waals surface area contributed by atoms with Crippen molar-refractivity contribution in [3.8, 4) is 0 Å². The summed E-state index contributed by atoms with van der Waals surface area (Å²) in [6.45, 7) is 14.8. The van der Waals surface area contributed by atoms with Crippen molar-refractivity contribution in [2.24, 2.45) is 4.99 Å². The summed E-state index contributed by atoms with van der Waals surface area (Å²) in [5.74, 6) is 0.